The summed E-state index contributed by atoms with van der Waals surface area (Å²) >= 11 is 1.53. The Morgan fingerprint density at radius 1 is 1.21 bits per heavy atom. The fraction of sp³-hybridized carbons (Fsp3) is 0.133. The molecule has 0 radical (unpaired) electrons. The first-order valence-corrected chi connectivity index (χ1v) is 9.72. The Bertz CT molecular complexity index is 999. The van der Waals surface area contributed by atoms with Crippen LogP contribution in [-0.2, 0) is 16.6 Å². The number of sulfonamides is 1. The van der Waals surface area contributed by atoms with E-state index in [1.807, 2.05) is 12.1 Å². The van der Waals surface area contributed by atoms with Gasteiger partial charge in [0.2, 0.25) is 10.0 Å². The summed E-state index contributed by atoms with van der Waals surface area (Å²) in [5.41, 5.74) is 4.08. The van der Waals surface area contributed by atoms with E-state index in [1.54, 1.807) is 23.7 Å². The molecule has 3 rings (SSSR count). The van der Waals surface area contributed by atoms with Gasteiger partial charge < -0.3 is 5.32 Å². The van der Waals surface area contributed by atoms with Crippen LogP contribution in [0.3, 0.4) is 0 Å². The van der Waals surface area contributed by atoms with E-state index in [9.17, 15) is 13.2 Å². The van der Waals surface area contributed by atoms with Crippen molar-refractivity contribution in [2.45, 2.75) is 6.54 Å². The monoisotopic (exact) mass is 362 g/mol. The summed E-state index contributed by atoms with van der Waals surface area (Å²) in [5.74, 6) is -0.299. The van der Waals surface area contributed by atoms with Crippen molar-refractivity contribution in [3.05, 3.63) is 53.3 Å². The van der Waals surface area contributed by atoms with Crippen molar-refractivity contribution in [1.29, 1.82) is 0 Å². The standard InChI is InChI=1S/C15H14N4O3S2/c1-24(21,22)18-8-12-6-10(4-5-16-12)15(20)19-11-2-3-14-13(7-11)17-9-23-14/h2-7,9,18H,8H2,1H3,(H,19,20). The summed E-state index contributed by atoms with van der Waals surface area (Å²) in [4.78, 5) is 20.6. The summed E-state index contributed by atoms with van der Waals surface area (Å²) in [7, 11) is -3.32. The average molecular weight is 362 g/mol. The van der Waals surface area contributed by atoms with Gasteiger partial charge >= 0.3 is 0 Å². The molecule has 1 aromatic carbocycles. The highest BCUT2D eigenvalue weighted by Crippen LogP contribution is 2.21. The van der Waals surface area contributed by atoms with Gasteiger partial charge in [0.05, 0.1) is 34.2 Å². The highest BCUT2D eigenvalue weighted by Gasteiger charge is 2.09. The second kappa shape index (κ2) is 6.63. The molecular weight excluding hydrogens is 348 g/mol. The molecule has 0 bridgehead atoms. The quantitative estimate of drug-likeness (QED) is 0.723. The molecule has 0 spiro atoms. The van der Waals surface area contributed by atoms with Gasteiger partial charge in [-0.05, 0) is 30.3 Å². The van der Waals surface area contributed by atoms with Crippen molar-refractivity contribution in [3.8, 4) is 0 Å². The van der Waals surface area contributed by atoms with Crippen LogP contribution < -0.4 is 10.0 Å². The topological polar surface area (TPSA) is 101 Å². The van der Waals surface area contributed by atoms with E-state index in [1.165, 1.54) is 17.5 Å². The lowest BCUT2D eigenvalue weighted by Gasteiger charge is -2.07. The van der Waals surface area contributed by atoms with Crippen molar-refractivity contribution < 1.29 is 13.2 Å². The predicted octanol–water partition coefficient (Wildman–Crippen LogP) is 1.99. The number of anilines is 1. The highest BCUT2D eigenvalue weighted by molar-refractivity contribution is 7.88. The van der Waals surface area contributed by atoms with Crippen molar-refractivity contribution in [2.75, 3.05) is 11.6 Å². The molecule has 0 aliphatic carbocycles. The Balaban J connectivity index is 1.74. The van der Waals surface area contributed by atoms with Crippen LogP contribution >= 0.6 is 11.3 Å². The lowest BCUT2D eigenvalue weighted by Crippen LogP contribution is -2.22. The molecule has 9 heteroatoms. The van der Waals surface area contributed by atoms with Crippen LogP contribution in [-0.4, -0.2) is 30.5 Å². The molecule has 0 fully saturated rings. The molecule has 0 atom stereocenters. The van der Waals surface area contributed by atoms with Crippen LogP contribution in [0.4, 0.5) is 5.69 Å². The maximum atomic E-state index is 12.3. The Labute approximate surface area is 142 Å². The fourth-order valence-electron chi connectivity index (χ4n) is 2.06. The summed E-state index contributed by atoms with van der Waals surface area (Å²) < 4.78 is 25.6. The molecule has 0 aliphatic rings. The first-order chi connectivity index (χ1) is 11.4. The van der Waals surface area contributed by atoms with Crippen LogP contribution in [0.1, 0.15) is 16.1 Å². The minimum atomic E-state index is -3.32. The van der Waals surface area contributed by atoms with E-state index < -0.39 is 10.0 Å². The molecule has 0 aliphatic heterocycles. The first kappa shape index (κ1) is 16.5. The Kier molecular flexibility index (Phi) is 4.56. The molecule has 0 saturated heterocycles. The van der Waals surface area contributed by atoms with E-state index in [4.69, 9.17) is 0 Å². The van der Waals surface area contributed by atoms with Crippen molar-refractivity contribution >= 4 is 43.2 Å². The molecule has 2 heterocycles. The molecule has 3 aromatic rings. The smallest absolute Gasteiger partial charge is 0.255 e. The normalized spacial score (nSPS) is 11.5. The summed E-state index contributed by atoms with van der Waals surface area (Å²) in [6, 6.07) is 8.63. The van der Waals surface area contributed by atoms with E-state index in [-0.39, 0.29) is 12.5 Å². The van der Waals surface area contributed by atoms with Gasteiger partial charge in [0, 0.05) is 17.4 Å². The number of aromatic nitrogens is 2. The highest BCUT2D eigenvalue weighted by atomic mass is 32.2. The van der Waals surface area contributed by atoms with E-state index in [0.717, 1.165) is 16.5 Å². The number of rotatable bonds is 5. The third-order valence-electron chi connectivity index (χ3n) is 3.18. The van der Waals surface area contributed by atoms with Crippen molar-refractivity contribution in [2.24, 2.45) is 0 Å². The molecule has 0 saturated carbocycles. The third kappa shape index (κ3) is 4.13. The van der Waals surface area contributed by atoms with Gasteiger partial charge in [-0.25, -0.2) is 18.1 Å². The van der Waals surface area contributed by atoms with E-state index in [2.05, 4.69) is 20.0 Å². The second-order valence-corrected chi connectivity index (χ2v) is 7.84. The molecule has 24 heavy (non-hydrogen) atoms. The third-order valence-corrected chi connectivity index (χ3v) is 4.66. The zero-order chi connectivity index (χ0) is 17.2. The van der Waals surface area contributed by atoms with Gasteiger partial charge in [-0.15, -0.1) is 11.3 Å². The SMILES string of the molecule is CS(=O)(=O)NCc1cc(C(=O)Nc2ccc3scnc3c2)ccn1. The molecule has 124 valence electrons. The van der Waals surface area contributed by atoms with Gasteiger partial charge in [-0.2, -0.15) is 0 Å². The average Bonchev–Trinajstić information content (AvgIpc) is 3.00. The van der Waals surface area contributed by atoms with Crippen molar-refractivity contribution in [3.63, 3.8) is 0 Å². The Morgan fingerprint density at radius 3 is 2.83 bits per heavy atom. The number of pyridine rings is 1. The van der Waals surface area contributed by atoms with Gasteiger partial charge in [-0.3, -0.25) is 9.78 Å². The molecule has 0 unspecified atom stereocenters. The number of hydrogen-bond acceptors (Lipinski definition) is 6. The minimum absolute atomic E-state index is 0.0325. The number of fused-ring (bicyclic) bond motifs is 1. The maximum Gasteiger partial charge on any atom is 0.255 e. The van der Waals surface area contributed by atoms with Gasteiger partial charge in [0.1, 0.15) is 0 Å². The van der Waals surface area contributed by atoms with Gasteiger partial charge in [0.25, 0.3) is 5.91 Å². The first-order valence-electron chi connectivity index (χ1n) is 6.95. The number of benzene rings is 1. The minimum Gasteiger partial charge on any atom is -0.322 e. The molecule has 2 aromatic heterocycles. The van der Waals surface area contributed by atoms with Crippen LogP contribution in [0.2, 0.25) is 0 Å². The zero-order valence-corrected chi connectivity index (χ0v) is 14.3. The number of thiazole rings is 1. The molecular formula is C15H14N4O3S2. The fourth-order valence-corrected chi connectivity index (χ4v) is 3.13. The lowest BCUT2D eigenvalue weighted by atomic mass is 10.2. The summed E-state index contributed by atoms with van der Waals surface area (Å²) in [5, 5.41) is 2.80. The van der Waals surface area contributed by atoms with Crippen LogP contribution in [0.15, 0.2) is 42.0 Å². The Hall–Kier alpha value is -2.36. The molecule has 7 nitrogen and oxygen atoms in total. The van der Waals surface area contributed by atoms with Crippen LogP contribution in [0.5, 0.6) is 0 Å². The maximum absolute atomic E-state index is 12.3. The summed E-state index contributed by atoms with van der Waals surface area (Å²) in [6.45, 7) is 0.0325. The number of hydrogen-bond donors (Lipinski definition) is 2. The second-order valence-electron chi connectivity index (χ2n) is 5.12. The zero-order valence-electron chi connectivity index (χ0n) is 12.7. The number of carbonyl (C=O) groups excluding carboxylic acids is 1. The van der Waals surface area contributed by atoms with E-state index >= 15 is 0 Å². The van der Waals surface area contributed by atoms with Crippen LogP contribution in [0, 0.1) is 0 Å². The molecule has 1 amide bonds. The number of nitrogens with zero attached hydrogens (tertiary/aromatic N) is 2. The molecule has 2 N–H and O–H groups in total. The van der Waals surface area contributed by atoms with Gasteiger partial charge in [0.15, 0.2) is 0 Å². The lowest BCUT2D eigenvalue weighted by molar-refractivity contribution is 0.102. The number of carbonyl (C=O) groups is 1. The largest absolute Gasteiger partial charge is 0.322 e. The number of nitrogens with one attached hydrogen (secondary N) is 2. The summed E-state index contributed by atoms with van der Waals surface area (Å²) in [6.07, 6.45) is 2.54. The Morgan fingerprint density at radius 2 is 2.04 bits per heavy atom. The van der Waals surface area contributed by atoms with Crippen molar-refractivity contribution in [1.82, 2.24) is 14.7 Å². The van der Waals surface area contributed by atoms with E-state index in [0.29, 0.717) is 16.9 Å². The predicted molar refractivity (Wildman–Crippen MR) is 93.5 cm³/mol. The van der Waals surface area contributed by atoms with Crippen LogP contribution in [0.25, 0.3) is 10.2 Å². The van der Waals surface area contributed by atoms with Gasteiger partial charge in [-0.1, -0.05) is 0 Å². The number of amides is 1.